The maximum absolute atomic E-state index is 9.65. The van der Waals surface area contributed by atoms with E-state index in [1.54, 1.807) is 0 Å². The van der Waals surface area contributed by atoms with E-state index in [1.807, 2.05) is 0 Å². The molecule has 1 fully saturated rings. The van der Waals surface area contributed by atoms with E-state index in [0.717, 1.165) is 32.4 Å². The third-order valence-electron chi connectivity index (χ3n) is 5.20. The lowest BCUT2D eigenvalue weighted by molar-refractivity contribution is 0.181. The molecule has 3 heteroatoms. The number of nitrogens with zero attached hydrogens (tertiary/aromatic N) is 2. The summed E-state index contributed by atoms with van der Waals surface area (Å²) in [4.78, 5) is 2.45. The largest absolute Gasteiger partial charge is 0.303 e. The summed E-state index contributed by atoms with van der Waals surface area (Å²) in [6, 6.07) is 3.22. The minimum absolute atomic E-state index is 0.252. The summed E-state index contributed by atoms with van der Waals surface area (Å²) in [6.07, 6.45) is 5.66. The number of nitriles is 1. The van der Waals surface area contributed by atoms with E-state index in [0.29, 0.717) is 17.9 Å². The number of hydrogen-bond acceptors (Lipinski definition) is 3. The van der Waals surface area contributed by atoms with Gasteiger partial charge >= 0.3 is 0 Å². The zero-order chi connectivity index (χ0) is 15.2. The highest BCUT2D eigenvalue weighted by Crippen LogP contribution is 2.37. The summed E-state index contributed by atoms with van der Waals surface area (Å²) in [5.74, 6) is 1.20. The molecule has 0 spiro atoms. The minimum Gasteiger partial charge on any atom is -0.303 e. The molecule has 0 aromatic heterocycles. The number of hydrogen-bond donors (Lipinski definition) is 1. The molecule has 1 aliphatic rings. The topological polar surface area (TPSA) is 39.1 Å². The van der Waals surface area contributed by atoms with Gasteiger partial charge in [0, 0.05) is 6.04 Å². The highest BCUT2D eigenvalue weighted by molar-refractivity contribution is 5.14. The number of nitrogens with one attached hydrogen (secondary N) is 1. The first kappa shape index (κ1) is 17.5. The van der Waals surface area contributed by atoms with E-state index in [2.05, 4.69) is 51.0 Å². The van der Waals surface area contributed by atoms with Gasteiger partial charge in [0.1, 0.15) is 5.54 Å². The fourth-order valence-electron chi connectivity index (χ4n) is 3.31. The molecule has 0 heterocycles. The smallest absolute Gasteiger partial charge is 0.109 e. The van der Waals surface area contributed by atoms with Gasteiger partial charge in [-0.15, -0.1) is 0 Å². The first-order valence-corrected chi connectivity index (χ1v) is 8.33. The van der Waals surface area contributed by atoms with Crippen LogP contribution in [0.25, 0.3) is 0 Å². The Morgan fingerprint density at radius 1 is 1.40 bits per heavy atom. The van der Waals surface area contributed by atoms with Crippen molar-refractivity contribution in [3.63, 3.8) is 0 Å². The highest BCUT2D eigenvalue weighted by atomic mass is 15.1. The van der Waals surface area contributed by atoms with E-state index in [9.17, 15) is 5.26 Å². The molecule has 0 aromatic rings. The summed E-state index contributed by atoms with van der Waals surface area (Å²) in [5, 5.41) is 13.2. The summed E-state index contributed by atoms with van der Waals surface area (Å²) in [7, 11) is 2.22. The van der Waals surface area contributed by atoms with E-state index in [1.165, 1.54) is 12.8 Å². The monoisotopic (exact) mass is 279 g/mol. The SMILES string of the molecule is CCCNC1(C#N)CCCC1CCN(C)C(C)C(C)C. The van der Waals surface area contributed by atoms with Crippen LogP contribution in [0.3, 0.4) is 0 Å². The van der Waals surface area contributed by atoms with E-state index >= 15 is 0 Å². The molecule has 1 N–H and O–H groups in total. The lowest BCUT2D eigenvalue weighted by Gasteiger charge is -2.33. The molecule has 3 atom stereocenters. The van der Waals surface area contributed by atoms with Gasteiger partial charge in [0.15, 0.2) is 0 Å². The van der Waals surface area contributed by atoms with Crippen LogP contribution in [-0.2, 0) is 0 Å². The lowest BCUT2D eigenvalue weighted by atomic mass is 9.85. The van der Waals surface area contributed by atoms with Crippen LogP contribution in [0.15, 0.2) is 0 Å². The Kier molecular flexibility index (Phi) is 6.99. The van der Waals surface area contributed by atoms with Gasteiger partial charge in [-0.3, -0.25) is 5.32 Å². The van der Waals surface area contributed by atoms with Gasteiger partial charge in [-0.05, 0) is 64.6 Å². The van der Waals surface area contributed by atoms with E-state index < -0.39 is 0 Å². The van der Waals surface area contributed by atoms with Gasteiger partial charge in [-0.1, -0.05) is 27.2 Å². The summed E-state index contributed by atoms with van der Waals surface area (Å²) < 4.78 is 0. The van der Waals surface area contributed by atoms with Gasteiger partial charge < -0.3 is 4.90 Å². The van der Waals surface area contributed by atoms with Crippen LogP contribution in [0.4, 0.5) is 0 Å². The predicted molar refractivity (Wildman–Crippen MR) is 85.5 cm³/mol. The fourth-order valence-corrected chi connectivity index (χ4v) is 3.31. The van der Waals surface area contributed by atoms with Crippen LogP contribution in [0.1, 0.15) is 59.8 Å². The molecule has 3 nitrogen and oxygen atoms in total. The van der Waals surface area contributed by atoms with Crippen molar-refractivity contribution in [2.24, 2.45) is 11.8 Å². The average Bonchev–Trinajstić information content (AvgIpc) is 2.84. The van der Waals surface area contributed by atoms with Crippen LogP contribution in [0, 0.1) is 23.2 Å². The molecule has 0 bridgehead atoms. The van der Waals surface area contributed by atoms with Crippen molar-refractivity contribution in [1.82, 2.24) is 10.2 Å². The Morgan fingerprint density at radius 2 is 2.10 bits per heavy atom. The van der Waals surface area contributed by atoms with E-state index in [-0.39, 0.29) is 5.54 Å². The van der Waals surface area contributed by atoms with Crippen LogP contribution in [-0.4, -0.2) is 36.6 Å². The van der Waals surface area contributed by atoms with Crippen molar-refractivity contribution in [3.8, 4) is 6.07 Å². The van der Waals surface area contributed by atoms with Crippen LogP contribution < -0.4 is 5.32 Å². The van der Waals surface area contributed by atoms with Crippen LogP contribution in [0.5, 0.6) is 0 Å². The van der Waals surface area contributed by atoms with Crippen molar-refractivity contribution in [3.05, 3.63) is 0 Å². The molecule has 0 aromatic carbocycles. The zero-order valence-corrected chi connectivity index (χ0v) is 14.1. The normalized spacial score (nSPS) is 28.0. The predicted octanol–water partition coefficient (Wildman–Crippen LogP) is 3.41. The Labute approximate surface area is 125 Å². The zero-order valence-electron chi connectivity index (χ0n) is 14.1. The first-order valence-electron chi connectivity index (χ1n) is 8.33. The van der Waals surface area contributed by atoms with E-state index in [4.69, 9.17) is 0 Å². The van der Waals surface area contributed by atoms with Crippen molar-refractivity contribution in [2.45, 2.75) is 71.4 Å². The average molecular weight is 279 g/mol. The molecule has 20 heavy (non-hydrogen) atoms. The Hall–Kier alpha value is -0.590. The second kappa shape index (κ2) is 8.00. The second-order valence-corrected chi connectivity index (χ2v) is 6.85. The molecule has 1 aliphatic carbocycles. The van der Waals surface area contributed by atoms with Crippen LogP contribution >= 0.6 is 0 Å². The number of rotatable bonds is 8. The molecular weight excluding hydrogens is 246 g/mol. The Bertz CT molecular complexity index is 321. The third kappa shape index (κ3) is 4.20. The standard InChI is InChI=1S/C17H33N3/c1-6-11-19-17(13-18)10-7-8-16(17)9-12-20(5)15(4)14(2)3/h14-16,19H,6-12H2,1-5H3. The molecule has 1 saturated carbocycles. The third-order valence-corrected chi connectivity index (χ3v) is 5.20. The molecule has 0 saturated heterocycles. The van der Waals surface area contributed by atoms with Crippen LogP contribution in [0.2, 0.25) is 0 Å². The lowest BCUT2D eigenvalue weighted by Crippen LogP contribution is -2.48. The fraction of sp³-hybridized carbons (Fsp3) is 0.941. The minimum atomic E-state index is -0.252. The quantitative estimate of drug-likeness (QED) is 0.740. The summed E-state index contributed by atoms with van der Waals surface area (Å²) >= 11 is 0. The van der Waals surface area contributed by atoms with Gasteiger partial charge in [-0.2, -0.15) is 5.26 Å². The van der Waals surface area contributed by atoms with Crippen molar-refractivity contribution >= 4 is 0 Å². The van der Waals surface area contributed by atoms with Gasteiger partial charge in [0.25, 0.3) is 0 Å². The first-order chi connectivity index (χ1) is 9.46. The molecule has 1 rings (SSSR count). The van der Waals surface area contributed by atoms with Crippen molar-refractivity contribution in [1.29, 1.82) is 5.26 Å². The highest BCUT2D eigenvalue weighted by Gasteiger charge is 2.42. The molecule has 0 amide bonds. The second-order valence-electron chi connectivity index (χ2n) is 6.85. The molecule has 116 valence electrons. The van der Waals surface area contributed by atoms with Gasteiger partial charge in [0.2, 0.25) is 0 Å². The van der Waals surface area contributed by atoms with Gasteiger partial charge in [-0.25, -0.2) is 0 Å². The molecule has 0 radical (unpaired) electrons. The van der Waals surface area contributed by atoms with Gasteiger partial charge in [0.05, 0.1) is 6.07 Å². The molecular formula is C17H33N3. The molecule has 3 unspecified atom stereocenters. The molecule has 0 aliphatic heterocycles. The Balaban J connectivity index is 2.55. The summed E-state index contributed by atoms with van der Waals surface area (Å²) in [6.45, 7) is 11.1. The maximum atomic E-state index is 9.65. The maximum Gasteiger partial charge on any atom is 0.109 e. The van der Waals surface area contributed by atoms with Crippen molar-refractivity contribution < 1.29 is 0 Å². The van der Waals surface area contributed by atoms with Crippen molar-refractivity contribution in [2.75, 3.05) is 20.1 Å². The Morgan fingerprint density at radius 3 is 2.65 bits per heavy atom. The summed E-state index contributed by atoms with van der Waals surface area (Å²) in [5.41, 5.74) is -0.252.